The molecule has 1 saturated heterocycles. The van der Waals surface area contributed by atoms with E-state index in [0.29, 0.717) is 19.0 Å². The number of amides is 1. The van der Waals surface area contributed by atoms with E-state index in [9.17, 15) is 23.1 Å². The van der Waals surface area contributed by atoms with Gasteiger partial charge in [-0.1, -0.05) is 6.92 Å². The highest BCUT2D eigenvalue weighted by molar-refractivity contribution is 5.77. The minimum absolute atomic E-state index is 0.249. The summed E-state index contributed by atoms with van der Waals surface area (Å²) >= 11 is 0. The van der Waals surface area contributed by atoms with Gasteiger partial charge in [0.2, 0.25) is 11.5 Å². The first-order valence-corrected chi connectivity index (χ1v) is 7.77. The summed E-state index contributed by atoms with van der Waals surface area (Å²) < 4.78 is 45.1. The largest absolute Gasteiger partial charge is 0.463 e. The Morgan fingerprint density at radius 3 is 2.61 bits per heavy atom. The Labute approximate surface area is 133 Å². The van der Waals surface area contributed by atoms with Crippen LogP contribution in [0.4, 0.5) is 13.2 Å². The predicted molar refractivity (Wildman–Crippen MR) is 77.6 cm³/mol. The third kappa shape index (κ3) is 3.88. The van der Waals surface area contributed by atoms with Gasteiger partial charge in [0.05, 0.1) is 6.42 Å². The van der Waals surface area contributed by atoms with Gasteiger partial charge in [-0.15, -0.1) is 0 Å². The third-order valence-corrected chi connectivity index (χ3v) is 4.39. The fourth-order valence-electron chi connectivity index (χ4n) is 2.83. The first-order chi connectivity index (χ1) is 10.6. The molecule has 2 heterocycles. The number of nitrogens with zero attached hydrogens (tertiary/aromatic N) is 1. The zero-order chi connectivity index (χ0) is 17.3. The number of rotatable bonds is 3. The number of carbonyl (C=O) groups is 1. The lowest BCUT2D eigenvalue weighted by Crippen LogP contribution is -2.47. The molecule has 1 amide bonds. The van der Waals surface area contributed by atoms with Crippen molar-refractivity contribution in [3.05, 3.63) is 23.7 Å². The first kappa shape index (κ1) is 17.8. The Morgan fingerprint density at radius 2 is 2.04 bits per heavy atom. The molecule has 0 aromatic carbocycles. The van der Waals surface area contributed by atoms with Crippen LogP contribution in [0.1, 0.15) is 44.1 Å². The van der Waals surface area contributed by atoms with Crippen LogP contribution in [-0.4, -0.2) is 35.2 Å². The van der Waals surface area contributed by atoms with Gasteiger partial charge in [-0.2, -0.15) is 13.2 Å². The average Bonchev–Trinajstić information content (AvgIpc) is 2.76. The second-order valence-electron chi connectivity index (χ2n) is 6.36. The number of aryl methyl sites for hydroxylation is 1. The summed E-state index contributed by atoms with van der Waals surface area (Å²) in [7, 11) is 0. The normalized spacial score (nSPS) is 22.5. The fraction of sp³-hybridized carbons (Fsp3) is 0.688. The molecule has 0 radical (unpaired) electrons. The molecule has 1 aromatic heterocycles. The van der Waals surface area contributed by atoms with Gasteiger partial charge in [0.15, 0.2) is 0 Å². The van der Waals surface area contributed by atoms with Crippen LogP contribution in [0.3, 0.4) is 0 Å². The molecular weight excluding hydrogens is 311 g/mol. The van der Waals surface area contributed by atoms with Gasteiger partial charge in [-0.05, 0) is 44.2 Å². The van der Waals surface area contributed by atoms with Crippen molar-refractivity contribution in [1.29, 1.82) is 0 Å². The van der Waals surface area contributed by atoms with Crippen molar-refractivity contribution in [1.82, 2.24) is 4.90 Å². The molecule has 4 nitrogen and oxygen atoms in total. The summed E-state index contributed by atoms with van der Waals surface area (Å²) in [5.74, 6) is -0.646. The molecule has 23 heavy (non-hydrogen) atoms. The number of furan rings is 1. The molecule has 130 valence electrons. The van der Waals surface area contributed by atoms with Crippen molar-refractivity contribution in [2.24, 2.45) is 5.92 Å². The highest BCUT2D eigenvalue weighted by atomic mass is 19.4. The summed E-state index contributed by atoms with van der Waals surface area (Å²) in [5.41, 5.74) is -3.30. The van der Waals surface area contributed by atoms with Crippen molar-refractivity contribution in [2.45, 2.75) is 51.3 Å². The first-order valence-electron chi connectivity index (χ1n) is 7.77. The van der Waals surface area contributed by atoms with E-state index in [-0.39, 0.29) is 5.76 Å². The molecule has 2 atom stereocenters. The highest BCUT2D eigenvalue weighted by Crippen LogP contribution is 2.42. The number of alkyl halides is 3. The second kappa shape index (κ2) is 6.55. The number of carbonyl (C=O) groups excluding carboxylic acids is 1. The maximum atomic E-state index is 13.4. The molecule has 1 aromatic rings. The van der Waals surface area contributed by atoms with E-state index in [4.69, 9.17) is 4.42 Å². The van der Waals surface area contributed by atoms with Crippen molar-refractivity contribution in [3.8, 4) is 0 Å². The van der Waals surface area contributed by atoms with E-state index in [1.165, 1.54) is 17.9 Å². The quantitative estimate of drug-likeness (QED) is 0.923. The van der Waals surface area contributed by atoms with Crippen molar-refractivity contribution < 1.29 is 27.5 Å². The smallest absolute Gasteiger partial charge is 0.425 e. The average molecular weight is 333 g/mol. The summed E-state index contributed by atoms with van der Waals surface area (Å²) in [6.07, 6.45) is -3.58. The zero-order valence-electron chi connectivity index (χ0n) is 13.3. The van der Waals surface area contributed by atoms with E-state index in [1.807, 2.05) is 0 Å². The molecule has 1 aliphatic rings. The molecule has 0 aliphatic carbocycles. The lowest BCUT2D eigenvalue weighted by atomic mass is 9.94. The summed E-state index contributed by atoms with van der Waals surface area (Å²) in [4.78, 5) is 13.7. The molecule has 0 spiro atoms. The fourth-order valence-corrected chi connectivity index (χ4v) is 2.83. The third-order valence-electron chi connectivity index (χ3n) is 4.39. The lowest BCUT2D eigenvalue weighted by Gasteiger charge is -2.30. The maximum Gasteiger partial charge on any atom is 0.425 e. The molecule has 2 rings (SSSR count). The Hall–Kier alpha value is -1.50. The van der Waals surface area contributed by atoms with Crippen molar-refractivity contribution >= 4 is 5.91 Å². The topological polar surface area (TPSA) is 53.7 Å². The Kier molecular flexibility index (Phi) is 5.08. The van der Waals surface area contributed by atoms with Gasteiger partial charge in [-0.25, -0.2) is 0 Å². The van der Waals surface area contributed by atoms with E-state index in [1.54, 1.807) is 0 Å². The van der Waals surface area contributed by atoms with Gasteiger partial charge in [0.1, 0.15) is 11.5 Å². The summed E-state index contributed by atoms with van der Waals surface area (Å²) in [6, 6.07) is 2.41. The molecule has 2 unspecified atom stereocenters. The van der Waals surface area contributed by atoms with Crippen molar-refractivity contribution in [2.75, 3.05) is 13.1 Å². The minimum atomic E-state index is -4.99. The second-order valence-corrected chi connectivity index (χ2v) is 6.36. The minimum Gasteiger partial charge on any atom is -0.463 e. The Balaban J connectivity index is 2.19. The lowest BCUT2D eigenvalue weighted by molar-refractivity contribution is -0.274. The van der Waals surface area contributed by atoms with Gasteiger partial charge >= 0.3 is 6.18 Å². The number of hydrogen-bond acceptors (Lipinski definition) is 3. The molecule has 0 saturated carbocycles. The number of halogens is 3. The maximum absolute atomic E-state index is 13.4. The molecule has 0 bridgehead atoms. The Morgan fingerprint density at radius 1 is 1.35 bits per heavy atom. The van der Waals surface area contributed by atoms with Crippen LogP contribution in [0.5, 0.6) is 0 Å². The number of hydrogen-bond donors (Lipinski definition) is 1. The molecule has 1 fully saturated rings. The van der Waals surface area contributed by atoms with Crippen LogP contribution in [0.15, 0.2) is 16.5 Å². The molecule has 1 N–H and O–H groups in total. The zero-order valence-corrected chi connectivity index (χ0v) is 13.3. The van der Waals surface area contributed by atoms with Gasteiger partial charge < -0.3 is 14.4 Å². The van der Waals surface area contributed by atoms with Crippen LogP contribution < -0.4 is 0 Å². The number of likely N-dealkylation sites (tertiary alicyclic amines) is 1. The van der Waals surface area contributed by atoms with Crippen LogP contribution in [0.2, 0.25) is 0 Å². The monoisotopic (exact) mass is 333 g/mol. The van der Waals surface area contributed by atoms with Crippen LogP contribution in [-0.2, 0) is 10.4 Å². The van der Waals surface area contributed by atoms with E-state index in [2.05, 4.69) is 6.92 Å². The van der Waals surface area contributed by atoms with E-state index >= 15 is 0 Å². The molecule has 7 heteroatoms. The van der Waals surface area contributed by atoms with Gasteiger partial charge in [0, 0.05) is 13.1 Å². The van der Waals surface area contributed by atoms with E-state index in [0.717, 1.165) is 25.3 Å². The predicted octanol–water partition coefficient (Wildman–Crippen LogP) is 3.38. The summed E-state index contributed by atoms with van der Waals surface area (Å²) in [6.45, 7) is 4.39. The highest BCUT2D eigenvalue weighted by Gasteiger charge is 2.58. The van der Waals surface area contributed by atoms with Gasteiger partial charge in [-0.3, -0.25) is 4.79 Å². The SMILES string of the molecule is Cc1ccc(C(O)(CC(=O)N2CCCC(C)CC2)C(F)(F)F)o1. The van der Waals surface area contributed by atoms with Crippen molar-refractivity contribution in [3.63, 3.8) is 0 Å². The van der Waals surface area contributed by atoms with Crippen LogP contribution >= 0.6 is 0 Å². The Bertz CT molecular complexity index is 555. The molecular formula is C16H22F3NO3. The van der Waals surface area contributed by atoms with Crippen LogP contribution in [0, 0.1) is 12.8 Å². The van der Waals surface area contributed by atoms with E-state index < -0.39 is 29.9 Å². The van der Waals surface area contributed by atoms with Crippen LogP contribution in [0.25, 0.3) is 0 Å². The standard InChI is InChI=1S/C16H22F3NO3/c1-11-4-3-8-20(9-7-11)14(21)10-15(22,16(17,18)19)13-6-5-12(2)23-13/h5-6,11,22H,3-4,7-10H2,1-2H3. The summed E-state index contributed by atoms with van der Waals surface area (Å²) in [5, 5.41) is 10.2. The molecule has 1 aliphatic heterocycles. The number of aliphatic hydroxyl groups is 1. The van der Waals surface area contributed by atoms with Gasteiger partial charge in [0.25, 0.3) is 0 Å².